The van der Waals surface area contributed by atoms with Crippen molar-refractivity contribution < 1.29 is 22.4 Å². The number of nitrogens with two attached hydrogens (primary N) is 1. The van der Waals surface area contributed by atoms with Gasteiger partial charge in [0.25, 0.3) is 10.0 Å². The van der Waals surface area contributed by atoms with Crippen LogP contribution in [0.1, 0.15) is 39.9 Å². The number of furan rings is 1. The van der Waals surface area contributed by atoms with Crippen molar-refractivity contribution in [3.05, 3.63) is 17.9 Å². The van der Waals surface area contributed by atoms with E-state index in [4.69, 9.17) is 14.3 Å². The van der Waals surface area contributed by atoms with Crippen molar-refractivity contribution in [2.24, 2.45) is 5.14 Å². The number of primary sulfonamides is 1. The molecule has 4 N–H and O–H groups in total. The predicted octanol–water partition coefficient (Wildman–Crippen LogP) is 1.32. The van der Waals surface area contributed by atoms with E-state index in [1.54, 1.807) is 20.8 Å². The zero-order chi connectivity index (χ0) is 17.7. The van der Waals surface area contributed by atoms with Gasteiger partial charge in [0, 0.05) is 12.6 Å². The first-order valence-electron chi connectivity index (χ1n) is 7.33. The Balaban J connectivity index is 2.43. The lowest BCUT2D eigenvalue weighted by Gasteiger charge is -2.23. The van der Waals surface area contributed by atoms with Crippen LogP contribution in [0, 0.1) is 0 Å². The van der Waals surface area contributed by atoms with Crippen molar-refractivity contribution >= 4 is 16.1 Å². The maximum Gasteiger partial charge on any atom is 0.407 e. The molecule has 0 fully saturated rings. The molecule has 1 aromatic rings. The Bertz CT molecular complexity index is 619. The average molecular weight is 347 g/mol. The highest BCUT2D eigenvalue weighted by molar-refractivity contribution is 7.89. The first kappa shape index (κ1) is 19.5. The number of ether oxygens (including phenoxy) is 1. The summed E-state index contributed by atoms with van der Waals surface area (Å²) in [5, 5.41) is 10.6. The number of hydrogen-bond donors (Lipinski definition) is 3. The van der Waals surface area contributed by atoms with E-state index in [2.05, 4.69) is 10.6 Å². The summed E-state index contributed by atoms with van der Waals surface area (Å²) in [6, 6.07) is 2.73. The number of alkyl carbamates (subject to hydrolysis) is 1. The zero-order valence-corrected chi connectivity index (χ0v) is 14.7. The van der Waals surface area contributed by atoms with E-state index < -0.39 is 21.7 Å². The summed E-state index contributed by atoms with van der Waals surface area (Å²) in [4.78, 5) is 11.7. The molecule has 9 heteroatoms. The lowest BCUT2D eigenvalue weighted by Crippen LogP contribution is -2.43. The van der Waals surface area contributed by atoms with Crippen LogP contribution < -0.4 is 15.8 Å². The van der Waals surface area contributed by atoms with Gasteiger partial charge in [-0.15, -0.1) is 0 Å². The normalized spacial score (nSPS) is 13.6. The number of nitrogens with one attached hydrogen (secondary N) is 2. The van der Waals surface area contributed by atoms with Gasteiger partial charge < -0.3 is 19.8 Å². The Hall–Kier alpha value is -1.58. The lowest BCUT2D eigenvalue weighted by atomic mass is 10.2. The minimum atomic E-state index is -3.83. The Morgan fingerprint density at radius 1 is 1.39 bits per heavy atom. The average Bonchev–Trinajstić information content (AvgIpc) is 2.84. The van der Waals surface area contributed by atoms with Crippen LogP contribution >= 0.6 is 0 Å². The second kappa shape index (κ2) is 7.80. The largest absolute Gasteiger partial charge is 0.447 e. The molecule has 0 aliphatic rings. The third kappa shape index (κ3) is 7.49. The molecule has 0 bridgehead atoms. The van der Waals surface area contributed by atoms with Crippen molar-refractivity contribution in [3.8, 4) is 0 Å². The molecule has 1 unspecified atom stereocenters. The molecule has 1 amide bonds. The van der Waals surface area contributed by atoms with E-state index in [0.29, 0.717) is 25.3 Å². The molecule has 1 rings (SSSR count). The number of sulfonamides is 1. The van der Waals surface area contributed by atoms with E-state index >= 15 is 0 Å². The molecule has 0 saturated carbocycles. The van der Waals surface area contributed by atoms with Gasteiger partial charge in [-0.2, -0.15) is 0 Å². The van der Waals surface area contributed by atoms with Gasteiger partial charge >= 0.3 is 6.09 Å². The van der Waals surface area contributed by atoms with Crippen molar-refractivity contribution in [2.45, 2.75) is 57.4 Å². The number of rotatable bonds is 7. The number of hydrogen-bond acceptors (Lipinski definition) is 6. The van der Waals surface area contributed by atoms with Crippen LogP contribution in [0.25, 0.3) is 0 Å². The molecule has 1 heterocycles. The van der Waals surface area contributed by atoms with Gasteiger partial charge in [-0.25, -0.2) is 18.4 Å². The quantitative estimate of drug-likeness (QED) is 0.683. The van der Waals surface area contributed by atoms with Gasteiger partial charge in [0.15, 0.2) is 0 Å². The molecule has 0 aromatic carbocycles. The molecule has 0 aliphatic heterocycles. The Morgan fingerprint density at radius 3 is 2.52 bits per heavy atom. The molecular weight excluding hydrogens is 322 g/mol. The fourth-order valence-electron chi connectivity index (χ4n) is 1.75. The molecule has 132 valence electrons. The second-order valence-corrected chi connectivity index (χ2v) is 7.64. The molecule has 23 heavy (non-hydrogen) atoms. The van der Waals surface area contributed by atoms with E-state index in [1.807, 2.05) is 6.92 Å². The first-order valence-corrected chi connectivity index (χ1v) is 8.87. The molecular formula is C14H25N3O5S. The van der Waals surface area contributed by atoms with Crippen molar-refractivity contribution in [2.75, 3.05) is 6.54 Å². The lowest BCUT2D eigenvalue weighted by molar-refractivity contribution is 0.0502. The van der Waals surface area contributed by atoms with Gasteiger partial charge in [-0.05, 0) is 39.3 Å². The second-order valence-electron chi connectivity index (χ2n) is 6.15. The third-order valence-electron chi connectivity index (χ3n) is 2.82. The van der Waals surface area contributed by atoms with Crippen LogP contribution in [0.5, 0.6) is 0 Å². The summed E-state index contributed by atoms with van der Waals surface area (Å²) in [7, 11) is -3.83. The molecule has 0 saturated heterocycles. The van der Waals surface area contributed by atoms with Crippen LogP contribution in [0.15, 0.2) is 21.6 Å². The highest BCUT2D eigenvalue weighted by atomic mass is 32.2. The van der Waals surface area contributed by atoms with E-state index in [0.717, 1.165) is 0 Å². The minimum absolute atomic E-state index is 0.113. The summed E-state index contributed by atoms with van der Waals surface area (Å²) in [5.74, 6) is 0.446. The van der Waals surface area contributed by atoms with Gasteiger partial charge in [-0.3, -0.25) is 0 Å². The minimum Gasteiger partial charge on any atom is -0.447 e. The molecule has 8 nitrogen and oxygen atoms in total. The van der Waals surface area contributed by atoms with Crippen LogP contribution in [-0.4, -0.2) is 32.7 Å². The Morgan fingerprint density at radius 2 is 2.04 bits per heavy atom. The van der Waals surface area contributed by atoms with Crippen LogP contribution in [0.4, 0.5) is 4.79 Å². The maximum absolute atomic E-state index is 11.7. The van der Waals surface area contributed by atoms with Crippen molar-refractivity contribution in [1.29, 1.82) is 0 Å². The van der Waals surface area contributed by atoms with E-state index in [-0.39, 0.29) is 11.1 Å². The van der Waals surface area contributed by atoms with Crippen LogP contribution in [-0.2, 0) is 21.3 Å². The molecule has 0 spiro atoms. The summed E-state index contributed by atoms with van der Waals surface area (Å²) in [6.07, 6.45) is 0.243. The standard InChI is InChI=1S/C14H25N3O5S/c1-5-10(17-13(18)22-14(2,3)4)8-16-9-11-6-7-12(21-11)23(15,19)20/h6-7,10,16H,5,8-9H2,1-4H3,(H,17,18)(H2,15,19,20). The molecule has 0 radical (unpaired) electrons. The van der Waals surface area contributed by atoms with Gasteiger partial charge in [0.05, 0.1) is 6.54 Å². The Kier molecular flexibility index (Phi) is 6.60. The van der Waals surface area contributed by atoms with E-state index in [9.17, 15) is 13.2 Å². The molecule has 0 aliphatic carbocycles. The fraction of sp³-hybridized carbons (Fsp3) is 0.643. The molecule has 1 aromatic heterocycles. The smallest absolute Gasteiger partial charge is 0.407 e. The predicted molar refractivity (Wildman–Crippen MR) is 85.2 cm³/mol. The summed E-state index contributed by atoms with van der Waals surface area (Å²) >= 11 is 0. The van der Waals surface area contributed by atoms with Crippen molar-refractivity contribution in [3.63, 3.8) is 0 Å². The molecule has 1 atom stereocenters. The van der Waals surface area contributed by atoms with Crippen molar-refractivity contribution in [1.82, 2.24) is 10.6 Å². The SMILES string of the molecule is CCC(CNCc1ccc(S(N)(=O)=O)o1)NC(=O)OC(C)(C)C. The summed E-state index contributed by atoms with van der Waals surface area (Å²) in [6.45, 7) is 8.14. The van der Waals surface area contributed by atoms with E-state index in [1.165, 1.54) is 12.1 Å². The summed E-state index contributed by atoms with van der Waals surface area (Å²) in [5.41, 5.74) is -0.548. The van der Waals surface area contributed by atoms with Gasteiger partial charge in [0.2, 0.25) is 5.09 Å². The maximum atomic E-state index is 11.7. The van der Waals surface area contributed by atoms with Crippen LogP contribution in [0.3, 0.4) is 0 Å². The number of amides is 1. The van der Waals surface area contributed by atoms with Gasteiger partial charge in [-0.1, -0.05) is 6.92 Å². The number of carbonyl (C=O) groups excluding carboxylic acids is 1. The topological polar surface area (TPSA) is 124 Å². The first-order chi connectivity index (χ1) is 10.5. The highest BCUT2D eigenvalue weighted by Crippen LogP contribution is 2.12. The van der Waals surface area contributed by atoms with Gasteiger partial charge in [0.1, 0.15) is 11.4 Å². The number of carbonyl (C=O) groups is 1. The zero-order valence-electron chi connectivity index (χ0n) is 13.9. The summed E-state index contributed by atoms with van der Waals surface area (Å²) < 4.78 is 32.5. The highest BCUT2D eigenvalue weighted by Gasteiger charge is 2.19. The monoisotopic (exact) mass is 347 g/mol. The Labute approximate surface area is 136 Å². The fourth-order valence-corrected chi connectivity index (χ4v) is 2.23. The third-order valence-corrected chi connectivity index (χ3v) is 3.60. The van der Waals surface area contributed by atoms with Crippen LogP contribution in [0.2, 0.25) is 0 Å².